The molecule has 0 aromatic heterocycles. The van der Waals surface area contributed by atoms with Gasteiger partial charge in [-0.2, -0.15) is 0 Å². The van der Waals surface area contributed by atoms with Crippen LogP contribution in [0.15, 0.2) is 12.2 Å². The molecule has 0 aliphatic heterocycles. The van der Waals surface area contributed by atoms with Gasteiger partial charge in [-0.25, -0.2) is 0 Å². The smallest absolute Gasteiger partial charge is 0.0664 e. The standard InChI is InChI=1S/C11H21NO/c1-2-6-11(13)9-12-10-7-4-3-5-8-10/h4,7,10-13H,2-3,5-6,8-9H2,1H3. The molecule has 2 N–H and O–H groups in total. The van der Waals surface area contributed by atoms with Gasteiger partial charge in [-0.3, -0.25) is 0 Å². The molecule has 0 heterocycles. The number of aliphatic hydroxyl groups excluding tert-OH is 1. The molecule has 2 atom stereocenters. The van der Waals surface area contributed by atoms with Crippen molar-refractivity contribution in [1.82, 2.24) is 5.32 Å². The highest BCUT2D eigenvalue weighted by atomic mass is 16.3. The molecular weight excluding hydrogens is 162 g/mol. The lowest BCUT2D eigenvalue weighted by molar-refractivity contribution is 0.157. The summed E-state index contributed by atoms with van der Waals surface area (Å²) < 4.78 is 0. The molecule has 2 nitrogen and oxygen atoms in total. The highest BCUT2D eigenvalue weighted by Gasteiger charge is 2.09. The van der Waals surface area contributed by atoms with Crippen LogP contribution in [0.2, 0.25) is 0 Å². The maximum atomic E-state index is 9.49. The largest absolute Gasteiger partial charge is 0.392 e. The maximum Gasteiger partial charge on any atom is 0.0664 e. The van der Waals surface area contributed by atoms with Crippen LogP contribution in [0.25, 0.3) is 0 Å². The van der Waals surface area contributed by atoms with Gasteiger partial charge in [0.25, 0.3) is 0 Å². The van der Waals surface area contributed by atoms with Crippen LogP contribution in [0.3, 0.4) is 0 Å². The van der Waals surface area contributed by atoms with Gasteiger partial charge in [-0.15, -0.1) is 0 Å². The lowest BCUT2D eigenvalue weighted by atomic mass is 10.0. The Balaban J connectivity index is 2.10. The van der Waals surface area contributed by atoms with Gasteiger partial charge in [0.15, 0.2) is 0 Å². The average Bonchev–Trinajstić information content (AvgIpc) is 2.17. The van der Waals surface area contributed by atoms with Crippen LogP contribution in [0, 0.1) is 0 Å². The number of hydrogen-bond donors (Lipinski definition) is 2. The molecule has 0 saturated heterocycles. The Morgan fingerprint density at radius 3 is 3.08 bits per heavy atom. The topological polar surface area (TPSA) is 32.3 Å². The zero-order valence-electron chi connectivity index (χ0n) is 8.50. The first-order chi connectivity index (χ1) is 6.33. The fourth-order valence-corrected chi connectivity index (χ4v) is 1.71. The molecule has 76 valence electrons. The summed E-state index contributed by atoms with van der Waals surface area (Å²) in [5.41, 5.74) is 0. The number of rotatable bonds is 5. The second kappa shape index (κ2) is 6.17. The van der Waals surface area contributed by atoms with Gasteiger partial charge in [-0.05, 0) is 25.7 Å². The van der Waals surface area contributed by atoms with E-state index < -0.39 is 0 Å². The summed E-state index contributed by atoms with van der Waals surface area (Å²) in [6, 6.07) is 0.500. The van der Waals surface area contributed by atoms with Crippen LogP contribution in [0.1, 0.15) is 39.0 Å². The van der Waals surface area contributed by atoms with Crippen LogP contribution < -0.4 is 5.32 Å². The van der Waals surface area contributed by atoms with Crippen molar-refractivity contribution in [1.29, 1.82) is 0 Å². The van der Waals surface area contributed by atoms with Crippen LogP contribution in [-0.2, 0) is 0 Å². The Kier molecular flexibility index (Phi) is 5.09. The summed E-state index contributed by atoms with van der Waals surface area (Å²) >= 11 is 0. The summed E-state index contributed by atoms with van der Waals surface area (Å²) in [6.07, 6.45) is 9.96. The van der Waals surface area contributed by atoms with Crippen LogP contribution in [0.4, 0.5) is 0 Å². The predicted molar refractivity (Wildman–Crippen MR) is 55.7 cm³/mol. The van der Waals surface area contributed by atoms with E-state index in [1.165, 1.54) is 19.3 Å². The Morgan fingerprint density at radius 2 is 2.46 bits per heavy atom. The van der Waals surface area contributed by atoms with Crippen molar-refractivity contribution in [2.45, 2.75) is 51.2 Å². The van der Waals surface area contributed by atoms with E-state index in [0.717, 1.165) is 19.4 Å². The molecule has 1 aliphatic rings. The minimum Gasteiger partial charge on any atom is -0.392 e. The SMILES string of the molecule is CCCC(O)CNC1C=CCCC1. The molecule has 13 heavy (non-hydrogen) atoms. The molecule has 0 radical (unpaired) electrons. The van der Waals surface area contributed by atoms with Gasteiger partial charge in [0.1, 0.15) is 0 Å². The third-order valence-corrected chi connectivity index (χ3v) is 2.49. The first kappa shape index (κ1) is 10.7. The third kappa shape index (κ3) is 4.44. The minimum atomic E-state index is -0.166. The van der Waals surface area contributed by atoms with Gasteiger partial charge < -0.3 is 10.4 Å². The highest BCUT2D eigenvalue weighted by Crippen LogP contribution is 2.10. The minimum absolute atomic E-state index is 0.166. The second-order valence-electron chi connectivity index (χ2n) is 3.82. The van der Waals surface area contributed by atoms with Gasteiger partial charge in [0, 0.05) is 12.6 Å². The lowest BCUT2D eigenvalue weighted by Crippen LogP contribution is -2.35. The molecule has 2 unspecified atom stereocenters. The molecule has 0 amide bonds. The highest BCUT2D eigenvalue weighted by molar-refractivity contribution is 4.97. The molecule has 0 aromatic carbocycles. The van der Waals surface area contributed by atoms with Crippen LogP contribution >= 0.6 is 0 Å². The van der Waals surface area contributed by atoms with E-state index in [2.05, 4.69) is 24.4 Å². The van der Waals surface area contributed by atoms with Crippen molar-refractivity contribution in [3.05, 3.63) is 12.2 Å². The molecule has 1 aliphatic carbocycles. The van der Waals surface area contributed by atoms with Crippen LogP contribution in [0.5, 0.6) is 0 Å². The molecule has 1 rings (SSSR count). The van der Waals surface area contributed by atoms with E-state index in [-0.39, 0.29) is 6.10 Å². The van der Waals surface area contributed by atoms with Crippen LogP contribution in [-0.4, -0.2) is 23.8 Å². The Labute approximate surface area is 81.0 Å². The van der Waals surface area contributed by atoms with E-state index in [0.29, 0.717) is 6.04 Å². The number of nitrogens with one attached hydrogen (secondary N) is 1. The molecule has 0 saturated carbocycles. The van der Waals surface area contributed by atoms with E-state index in [4.69, 9.17) is 0 Å². The summed E-state index contributed by atoms with van der Waals surface area (Å²) in [4.78, 5) is 0. The molecule has 0 aromatic rings. The Hall–Kier alpha value is -0.340. The summed E-state index contributed by atoms with van der Waals surface area (Å²) in [5, 5.41) is 12.9. The fraction of sp³-hybridized carbons (Fsp3) is 0.818. The maximum absolute atomic E-state index is 9.49. The summed E-state index contributed by atoms with van der Waals surface area (Å²) in [7, 11) is 0. The van der Waals surface area contributed by atoms with Crippen molar-refractivity contribution >= 4 is 0 Å². The number of allylic oxidation sites excluding steroid dienone is 1. The first-order valence-corrected chi connectivity index (χ1v) is 5.41. The molecule has 0 spiro atoms. The Morgan fingerprint density at radius 1 is 1.62 bits per heavy atom. The first-order valence-electron chi connectivity index (χ1n) is 5.41. The van der Waals surface area contributed by atoms with Crippen molar-refractivity contribution in [3.8, 4) is 0 Å². The molecule has 0 bridgehead atoms. The number of aliphatic hydroxyl groups is 1. The number of hydrogen-bond acceptors (Lipinski definition) is 2. The quantitative estimate of drug-likeness (QED) is 0.637. The second-order valence-corrected chi connectivity index (χ2v) is 3.82. The van der Waals surface area contributed by atoms with Crippen molar-refractivity contribution in [2.75, 3.05) is 6.54 Å². The third-order valence-electron chi connectivity index (χ3n) is 2.49. The monoisotopic (exact) mass is 183 g/mol. The lowest BCUT2D eigenvalue weighted by Gasteiger charge is -2.19. The fourth-order valence-electron chi connectivity index (χ4n) is 1.71. The average molecular weight is 183 g/mol. The summed E-state index contributed by atoms with van der Waals surface area (Å²) in [6.45, 7) is 2.84. The molecule has 0 fully saturated rings. The molecular formula is C11H21NO. The van der Waals surface area contributed by atoms with E-state index >= 15 is 0 Å². The van der Waals surface area contributed by atoms with Gasteiger partial charge in [0.05, 0.1) is 6.10 Å². The zero-order valence-corrected chi connectivity index (χ0v) is 8.50. The normalized spacial score (nSPS) is 24.6. The van der Waals surface area contributed by atoms with Gasteiger partial charge >= 0.3 is 0 Å². The van der Waals surface area contributed by atoms with Crippen molar-refractivity contribution < 1.29 is 5.11 Å². The molecule has 2 heteroatoms. The zero-order chi connectivity index (χ0) is 9.52. The summed E-state index contributed by atoms with van der Waals surface area (Å²) in [5.74, 6) is 0. The van der Waals surface area contributed by atoms with E-state index in [1.54, 1.807) is 0 Å². The van der Waals surface area contributed by atoms with Crippen molar-refractivity contribution in [2.24, 2.45) is 0 Å². The van der Waals surface area contributed by atoms with E-state index in [9.17, 15) is 5.11 Å². The van der Waals surface area contributed by atoms with Crippen molar-refractivity contribution in [3.63, 3.8) is 0 Å². The van der Waals surface area contributed by atoms with E-state index in [1.807, 2.05) is 0 Å². The van der Waals surface area contributed by atoms with Gasteiger partial charge in [-0.1, -0.05) is 25.5 Å². The predicted octanol–water partition coefficient (Wildman–Crippen LogP) is 1.85. The van der Waals surface area contributed by atoms with Gasteiger partial charge in [0.2, 0.25) is 0 Å². The Bertz CT molecular complexity index is 156.